The zero-order valence-corrected chi connectivity index (χ0v) is 12.1. The Bertz CT molecular complexity index is 484. The van der Waals surface area contributed by atoms with Crippen LogP contribution in [0, 0.1) is 5.92 Å². The van der Waals surface area contributed by atoms with Crippen LogP contribution in [0.25, 0.3) is 0 Å². The van der Waals surface area contributed by atoms with E-state index in [-0.39, 0.29) is 24.6 Å². The molecule has 0 spiro atoms. The average molecular weight is 296 g/mol. The first-order valence-electron chi connectivity index (χ1n) is 6.79. The molecule has 2 unspecified atom stereocenters. The summed E-state index contributed by atoms with van der Waals surface area (Å²) in [6.07, 6.45) is 2.03. The minimum Gasteiger partial charge on any atom is -0.480 e. The second kappa shape index (κ2) is 8.08. The highest BCUT2D eigenvalue weighted by atomic mass is 16.4. The van der Waals surface area contributed by atoms with Crippen molar-refractivity contribution in [3.63, 3.8) is 0 Å². The number of rotatable bonds is 8. The van der Waals surface area contributed by atoms with E-state index in [1.807, 2.05) is 6.92 Å². The van der Waals surface area contributed by atoms with Crippen molar-refractivity contribution < 1.29 is 23.9 Å². The number of carbonyl (C=O) groups is 3. The summed E-state index contributed by atoms with van der Waals surface area (Å²) in [6.45, 7) is 3.73. The standard InChI is InChI=1S/C14H20N2O5/c1-3-9(2)12(14(19)20)16-11(17)6-7-15-13(18)10-5-4-8-21-10/h4-5,8-9,12H,3,6-7H2,1-2H3,(H,15,18)(H,16,17)(H,19,20). The van der Waals surface area contributed by atoms with Gasteiger partial charge in [-0.2, -0.15) is 0 Å². The topological polar surface area (TPSA) is 109 Å². The quantitative estimate of drug-likeness (QED) is 0.663. The predicted octanol–water partition coefficient (Wildman–Crippen LogP) is 1.01. The Morgan fingerprint density at radius 2 is 2.10 bits per heavy atom. The number of aliphatic carboxylic acids is 1. The Hall–Kier alpha value is -2.31. The van der Waals surface area contributed by atoms with E-state index < -0.39 is 23.8 Å². The zero-order valence-electron chi connectivity index (χ0n) is 12.1. The van der Waals surface area contributed by atoms with Crippen LogP contribution in [-0.2, 0) is 9.59 Å². The van der Waals surface area contributed by atoms with Crippen LogP contribution in [-0.4, -0.2) is 35.5 Å². The molecule has 0 saturated carbocycles. The number of carboxylic acids is 1. The third kappa shape index (κ3) is 5.29. The van der Waals surface area contributed by atoms with Crippen molar-refractivity contribution in [2.75, 3.05) is 6.54 Å². The third-order valence-corrected chi connectivity index (χ3v) is 3.18. The number of carbonyl (C=O) groups excluding carboxylic acids is 2. The molecule has 1 rings (SSSR count). The third-order valence-electron chi connectivity index (χ3n) is 3.18. The molecule has 1 aromatic rings. The van der Waals surface area contributed by atoms with Crippen molar-refractivity contribution in [2.45, 2.75) is 32.7 Å². The average Bonchev–Trinajstić information content (AvgIpc) is 2.97. The second-order valence-electron chi connectivity index (χ2n) is 4.75. The molecule has 7 nitrogen and oxygen atoms in total. The Balaban J connectivity index is 2.36. The number of amides is 2. The highest BCUT2D eigenvalue weighted by molar-refractivity contribution is 5.91. The van der Waals surface area contributed by atoms with Crippen molar-refractivity contribution >= 4 is 17.8 Å². The number of hydrogen-bond acceptors (Lipinski definition) is 4. The SMILES string of the molecule is CCC(C)C(NC(=O)CCNC(=O)c1ccco1)C(=O)O. The van der Waals surface area contributed by atoms with Crippen LogP contribution in [0.5, 0.6) is 0 Å². The Labute approximate surface area is 122 Å². The number of nitrogens with one attached hydrogen (secondary N) is 2. The van der Waals surface area contributed by atoms with Gasteiger partial charge in [0.05, 0.1) is 6.26 Å². The van der Waals surface area contributed by atoms with Gasteiger partial charge in [-0.3, -0.25) is 9.59 Å². The van der Waals surface area contributed by atoms with Crippen molar-refractivity contribution in [3.05, 3.63) is 24.2 Å². The van der Waals surface area contributed by atoms with Crippen LogP contribution in [0.4, 0.5) is 0 Å². The first-order chi connectivity index (χ1) is 9.95. The Kier molecular flexibility index (Phi) is 6.45. The first-order valence-corrected chi connectivity index (χ1v) is 6.79. The molecule has 2 atom stereocenters. The van der Waals surface area contributed by atoms with Crippen LogP contribution < -0.4 is 10.6 Å². The van der Waals surface area contributed by atoms with Crippen molar-refractivity contribution in [1.82, 2.24) is 10.6 Å². The lowest BCUT2D eigenvalue weighted by atomic mass is 9.99. The lowest BCUT2D eigenvalue weighted by molar-refractivity contribution is -0.143. The van der Waals surface area contributed by atoms with Crippen LogP contribution >= 0.6 is 0 Å². The van der Waals surface area contributed by atoms with Gasteiger partial charge in [0.2, 0.25) is 5.91 Å². The summed E-state index contributed by atoms with van der Waals surface area (Å²) in [5.41, 5.74) is 0. The van der Waals surface area contributed by atoms with Gasteiger partial charge >= 0.3 is 5.97 Å². The summed E-state index contributed by atoms with van der Waals surface area (Å²) < 4.78 is 4.90. The highest BCUT2D eigenvalue weighted by Gasteiger charge is 2.25. The largest absolute Gasteiger partial charge is 0.480 e. The van der Waals surface area contributed by atoms with E-state index in [1.54, 1.807) is 13.0 Å². The van der Waals surface area contributed by atoms with Gasteiger partial charge in [-0.1, -0.05) is 20.3 Å². The van der Waals surface area contributed by atoms with Gasteiger partial charge in [0.1, 0.15) is 6.04 Å². The molecule has 21 heavy (non-hydrogen) atoms. The van der Waals surface area contributed by atoms with E-state index >= 15 is 0 Å². The molecule has 116 valence electrons. The monoisotopic (exact) mass is 296 g/mol. The van der Waals surface area contributed by atoms with Gasteiger partial charge in [0, 0.05) is 13.0 Å². The predicted molar refractivity (Wildman–Crippen MR) is 74.7 cm³/mol. The minimum atomic E-state index is -1.06. The maximum absolute atomic E-state index is 11.7. The maximum Gasteiger partial charge on any atom is 0.326 e. The van der Waals surface area contributed by atoms with E-state index in [1.165, 1.54) is 12.3 Å². The van der Waals surface area contributed by atoms with Gasteiger partial charge in [-0.05, 0) is 18.1 Å². The van der Waals surface area contributed by atoms with Crippen molar-refractivity contribution in [3.8, 4) is 0 Å². The molecule has 1 heterocycles. The molecule has 0 aliphatic heterocycles. The molecule has 0 aromatic carbocycles. The lowest BCUT2D eigenvalue weighted by Crippen LogP contribution is -2.45. The van der Waals surface area contributed by atoms with Gasteiger partial charge < -0.3 is 20.2 Å². The van der Waals surface area contributed by atoms with Crippen molar-refractivity contribution in [1.29, 1.82) is 0 Å². The summed E-state index contributed by atoms with van der Waals surface area (Å²) in [6, 6.07) is 2.19. The molecule has 0 saturated heterocycles. The van der Waals surface area contributed by atoms with Crippen LogP contribution in [0.2, 0.25) is 0 Å². The van der Waals surface area contributed by atoms with E-state index in [0.717, 1.165) is 0 Å². The fourth-order valence-electron chi connectivity index (χ4n) is 1.71. The van der Waals surface area contributed by atoms with Gasteiger partial charge in [-0.15, -0.1) is 0 Å². The number of hydrogen-bond donors (Lipinski definition) is 3. The summed E-state index contributed by atoms with van der Waals surface area (Å²) in [5, 5.41) is 14.0. The zero-order chi connectivity index (χ0) is 15.8. The van der Waals surface area contributed by atoms with E-state index in [0.29, 0.717) is 6.42 Å². The lowest BCUT2D eigenvalue weighted by Gasteiger charge is -2.20. The molecule has 1 aromatic heterocycles. The molecule has 0 fully saturated rings. The van der Waals surface area contributed by atoms with Crippen LogP contribution in [0.3, 0.4) is 0 Å². The van der Waals surface area contributed by atoms with E-state index in [9.17, 15) is 14.4 Å². The molecule has 2 amide bonds. The smallest absolute Gasteiger partial charge is 0.326 e. The van der Waals surface area contributed by atoms with Gasteiger partial charge in [-0.25, -0.2) is 4.79 Å². The molecule has 3 N–H and O–H groups in total. The molecule has 0 radical (unpaired) electrons. The summed E-state index contributed by atoms with van der Waals surface area (Å²) in [4.78, 5) is 34.3. The molecule has 0 bridgehead atoms. The fraction of sp³-hybridized carbons (Fsp3) is 0.500. The molecule has 0 aliphatic carbocycles. The first kappa shape index (κ1) is 16.7. The van der Waals surface area contributed by atoms with E-state index in [4.69, 9.17) is 9.52 Å². The number of carboxylic acid groups (broad SMARTS) is 1. The molecule has 0 aliphatic rings. The summed E-state index contributed by atoms with van der Waals surface area (Å²) in [5.74, 6) is -1.88. The van der Waals surface area contributed by atoms with Gasteiger partial charge in [0.25, 0.3) is 5.91 Å². The highest BCUT2D eigenvalue weighted by Crippen LogP contribution is 2.08. The Morgan fingerprint density at radius 3 is 2.62 bits per heavy atom. The molecular weight excluding hydrogens is 276 g/mol. The minimum absolute atomic E-state index is 0.00661. The van der Waals surface area contributed by atoms with Gasteiger partial charge in [0.15, 0.2) is 5.76 Å². The summed E-state index contributed by atoms with van der Waals surface area (Å²) >= 11 is 0. The maximum atomic E-state index is 11.7. The van der Waals surface area contributed by atoms with Crippen LogP contribution in [0.15, 0.2) is 22.8 Å². The summed E-state index contributed by atoms with van der Waals surface area (Å²) in [7, 11) is 0. The van der Waals surface area contributed by atoms with Crippen molar-refractivity contribution in [2.24, 2.45) is 5.92 Å². The van der Waals surface area contributed by atoms with E-state index in [2.05, 4.69) is 10.6 Å². The fourth-order valence-corrected chi connectivity index (χ4v) is 1.71. The Morgan fingerprint density at radius 1 is 1.38 bits per heavy atom. The van der Waals surface area contributed by atoms with Crippen LogP contribution in [0.1, 0.15) is 37.2 Å². The normalized spacial score (nSPS) is 13.2. The molecule has 7 heteroatoms. The number of furan rings is 1. The second-order valence-corrected chi connectivity index (χ2v) is 4.75. The molecular formula is C14H20N2O5.